The largest absolute Gasteiger partial charge is 0.469 e. The Hall–Kier alpha value is -1.82. The number of hydrogen-bond donors (Lipinski definition) is 2. The molecule has 7 heteroatoms. The highest BCUT2D eigenvalue weighted by Gasteiger charge is 2.03. The van der Waals surface area contributed by atoms with E-state index in [0.29, 0.717) is 18.4 Å². The van der Waals surface area contributed by atoms with Gasteiger partial charge in [-0.1, -0.05) is 0 Å². The van der Waals surface area contributed by atoms with Gasteiger partial charge in [0, 0.05) is 20.0 Å². The van der Waals surface area contributed by atoms with Crippen molar-refractivity contribution < 1.29 is 4.42 Å². The van der Waals surface area contributed by atoms with E-state index in [0.717, 1.165) is 12.2 Å². The number of rotatable bonds is 5. The Bertz CT molecular complexity index is 474. The SMILES string of the molecule is CNc1nc(Cl)nc(NCCc2ccco2)n1. The zero-order valence-electron chi connectivity index (χ0n) is 9.27. The number of furan rings is 1. The topological polar surface area (TPSA) is 75.9 Å². The predicted molar refractivity (Wildman–Crippen MR) is 65.3 cm³/mol. The van der Waals surface area contributed by atoms with Crippen LogP contribution >= 0.6 is 11.6 Å². The van der Waals surface area contributed by atoms with Crippen LogP contribution in [0.4, 0.5) is 11.9 Å². The summed E-state index contributed by atoms with van der Waals surface area (Å²) in [5.74, 6) is 1.79. The predicted octanol–water partition coefficient (Wildman–Crippen LogP) is 1.81. The number of nitrogens with zero attached hydrogens (tertiary/aromatic N) is 3. The second kappa shape index (κ2) is 5.49. The molecule has 0 spiro atoms. The summed E-state index contributed by atoms with van der Waals surface area (Å²) >= 11 is 5.75. The van der Waals surface area contributed by atoms with Crippen LogP contribution in [-0.4, -0.2) is 28.5 Å². The van der Waals surface area contributed by atoms with Crippen LogP contribution < -0.4 is 10.6 Å². The van der Waals surface area contributed by atoms with Crippen molar-refractivity contribution in [2.45, 2.75) is 6.42 Å². The molecule has 0 amide bonds. The molecule has 0 atom stereocenters. The molecule has 17 heavy (non-hydrogen) atoms. The van der Waals surface area contributed by atoms with E-state index in [-0.39, 0.29) is 5.28 Å². The summed E-state index contributed by atoms with van der Waals surface area (Å²) < 4.78 is 5.21. The van der Waals surface area contributed by atoms with Crippen LogP contribution in [-0.2, 0) is 6.42 Å². The molecule has 0 saturated carbocycles. The third-order valence-electron chi connectivity index (χ3n) is 2.07. The highest BCUT2D eigenvalue weighted by atomic mass is 35.5. The number of halogens is 1. The molecular weight excluding hydrogens is 242 g/mol. The molecule has 2 rings (SSSR count). The van der Waals surface area contributed by atoms with Crippen molar-refractivity contribution in [3.63, 3.8) is 0 Å². The average Bonchev–Trinajstić information content (AvgIpc) is 2.81. The van der Waals surface area contributed by atoms with Crippen molar-refractivity contribution in [3.05, 3.63) is 29.4 Å². The first-order chi connectivity index (χ1) is 8.28. The zero-order valence-corrected chi connectivity index (χ0v) is 10.0. The smallest absolute Gasteiger partial charge is 0.228 e. The van der Waals surface area contributed by atoms with Gasteiger partial charge in [0.1, 0.15) is 5.76 Å². The van der Waals surface area contributed by atoms with Crippen molar-refractivity contribution in [2.75, 3.05) is 24.2 Å². The van der Waals surface area contributed by atoms with Gasteiger partial charge in [0.25, 0.3) is 0 Å². The Morgan fingerprint density at radius 1 is 1.29 bits per heavy atom. The second-order valence-corrected chi connectivity index (χ2v) is 3.60. The van der Waals surface area contributed by atoms with Crippen molar-refractivity contribution in [2.24, 2.45) is 0 Å². The van der Waals surface area contributed by atoms with Crippen LogP contribution in [0.25, 0.3) is 0 Å². The highest BCUT2D eigenvalue weighted by molar-refractivity contribution is 6.28. The van der Waals surface area contributed by atoms with E-state index in [1.54, 1.807) is 13.3 Å². The molecule has 2 aromatic rings. The van der Waals surface area contributed by atoms with Crippen LogP contribution in [0.5, 0.6) is 0 Å². The monoisotopic (exact) mass is 253 g/mol. The van der Waals surface area contributed by atoms with Gasteiger partial charge < -0.3 is 15.1 Å². The fraction of sp³-hybridized carbons (Fsp3) is 0.300. The minimum atomic E-state index is 0.157. The van der Waals surface area contributed by atoms with Gasteiger partial charge >= 0.3 is 0 Å². The Kier molecular flexibility index (Phi) is 3.77. The molecule has 6 nitrogen and oxygen atoms in total. The van der Waals surface area contributed by atoms with E-state index in [1.807, 2.05) is 12.1 Å². The molecular formula is C10H12ClN5O. The maximum Gasteiger partial charge on any atom is 0.228 e. The van der Waals surface area contributed by atoms with E-state index >= 15 is 0 Å². The van der Waals surface area contributed by atoms with Gasteiger partial charge in [0.2, 0.25) is 17.2 Å². The number of anilines is 2. The summed E-state index contributed by atoms with van der Waals surface area (Å²) in [5, 5.41) is 6.02. The van der Waals surface area contributed by atoms with Gasteiger partial charge in [-0.3, -0.25) is 0 Å². The number of hydrogen-bond acceptors (Lipinski definition) is 6. The summed E-state index contributed by atoms with van der Waals surface area (Å²) in [5.41, 5.74) is 0. The van der Waals surface area contributed by atoms with Crippen molar-refractivity contribution in [3.8, 4) is 0 Å². The van der Waals surface area contributed by atoms with E-state index in [4.69, 9.17) is 16.0 Å². The molecule has 0 saturated heterocycles. The van der Waals surface area contributed by atoms with E-state index in [1.165, 1.54) is 0 Å². The molecule has 0 bridgehead atoms. The Morgan fingerprint density at radius 2 is 2.12 bits per heavy atom. The summed E-state index contributed by atoms with van der Waals surface area (Å²) in [6, 6.07) is 3.77. The van der Waals surface area contributed by atoms with Crippen LogP contribution in [0.2, 0.25) is 5.28 Å². The molecule has 2 aromatic heterocycles. The Morgan fingerprint density at radius 3 is 2.82 bits per heavy atom. The molecule has 0 aliphatic carbocycles. The Labute approximate surface area is 103 Å². The summed E-state index contributed by atoms with van der Waals surface area (Å²) in [6.07, 6.45) is 2.40. The summed E-state index contributed by atoms with van der Waals surface area (Å²) in [7, 11) is 1.72. The highest BCUT2D eigenvalue weighted by Crippen LogP contribution is 2.09. The molecule has 0 fully saturated rings. The maximum atomic E-state index is 5.75. The fourth-order valence-corrected chi connectivity index (χ4v) is 1.45. The molecule has 0 radical (unpaired) electrons. The minimum absolute atomic E-state index is 0.157. The van der Waals surface area contributed by atoms with Gasteiger partial charge in [0.15, 0.2) is 0 Å². The first kappa shape index (κ1) is 11.7. The standard InChI is InChI=1S/C10H12ClN5O/c1-12-9-14-8(11)15-10(16-9)13-5-4-7-3-2-6-17-7/h2-3,6H,4-5H2,1H3,(H2,12,13,14,15,16). The first-order valence-corrected chi connectivity index (χ1v) is 5.51. The van der Waals surface area contributed by atoms with Crippen molar-refractivity contribution in [1.82, 2.24) is 15.0 Å². The van der Waals surface area contributed by atoms with Crippen LogP contribution in [0, 0.1) is 0 Å². The minimum Gasteiger partial charge on any atom is -0.469 e. The fourth-order valence-electron chi connectivity index (χ4n) is 1.29. The van der Waals surface area contributed by atoms with E-state index in [2.05, 4.69) is 25.6 Å². The quantitative estimate of drug-likeness (QED) is 0.847. The van der Waals surface area contributed by atoms with Gasteiger partial charge in [-0.25, -0.2) is 0 Å². The lowest BCUT2D eigenvalue weighted by atomic mass is 10.3. The average molecular weight is 254 g/mol. The van der Waals surface area contributed by atoms with Gasteiger partial charge in [-0.2, -0.15) is 15.0 Å². The van der Waals surface area contributed by atoms with E-state index in [9.17, 15) is 0 Å². The van der Waals surface area contributed by atoms with Crippen molar-refractivity contribution in [1.29, 1.82) is 0 Å². The van der Waals surface area contributed by atoms with Gasteiger partial charge in [-0.15, -0.1) is 0 Å². The second-order valence-electron chi connectivity index (χ2n) is 3.26. The van der Waals surface area contributed by atoms with Crippen LogP contribution in [0.1, 0.15) is 5.76 Å². The van der Waals surface area contributed by atoms with Crippen LogP contribution in [0.15, 0.2) is 22.8 Å². The number of aromatic nitrogens is 3. The Balaban J connectivity index is 1.92. The first-order valence-electron chi connectivity index (χ1n) is 5.13. The van der Waals surface area contributed by atoms with Gasteiger partial charge in [-0.05, 0) is 23.7 Å². The molecule has 2 N–H and O–H groups in total. The van der Waals surface area contributed by atoms with Crippen molar-refractivity contribution >= 4 is 23.5 Å². The van der Waals surface area contributed by atoms with E-state index < -0.39 is 0 Å². The maximum absolute atomic E-state index is 5.75. The number of nitrogens with one attached hydrogen (secondary N) is 2. The molecule has 2 heterocycles. The lowest BCUT2D eigenvalue weighted by Gasteiger charge is -2.05. The van der Waals surface area contributed by atoms with Crippen LogP contribution in [0.3, 0.4) is 0 Å². The third-order valence-corrected chi connectivity index (χ3v) is 2.24. The molecule has 0 aliphatic heterocycles. The lowest BCUT2D eigenvalue weighted by Crippen LogP contribution is -2.10. The zero-order chi connectivity index (χ0) is 12.1. The summed E-state index contributed by atoms with van der Waals surface area (Å²) in [4.78, 5) is 12.0. The molecule has 0 aliphatic rings. The molecule has 0 aromatic carbocycles. The third kappa shape index (κ3) is 3.32. The van der Waals surface area contributed by atoms with Gasteiger partial charge in [0.05, 0.1) is 6.26 Å². The molecule has 90 valence electrons. The molecule has 0 unspecified atom stereocenters. The summed E-state index contributed by atoms with van der Waals surface area (Å²) in [6.45, 7) is 0.664. The lowest BCUT2D eigenvalue weighted by molar-refractivity contribution is 0.512. The normalized spacial score (nSPS) is 10.2.